The highest BCUT2D eigenvalue weighted by Crippen LogP contribution is 2.15. The Balaban J connectivity index is 2.93. The molecule has 0 aliphatic heterocycles. The van der Waals surface area contributed by atoms with Gasteiger partial charge in [0.05, 0.1) is 0 Å². The van der Waals surface area contributed by atoms with Crippen LogP contribution < -0.4 is 0 Å². The third kappa shape index (κ3) is 2.84. The minimum atomic E-state index is 0.454. The average Bonchev–Trinajstić information content (AvgIpc) is 2.26. The van der Waals surface area contributed by atoms with Crippen LogP contribution in [-0.4, -0.2) is 6.29 Å². The molecule has 0 bridgehead atoms. The highest BCUT2D eigenvalue weighted by Gasteiger charge is 2.01. The molecule has 0 aromatic heterocycles. The highest BCUT2D eigenvalue weighted by molar-refractivity contribution is 6.06. The number of rotatable bonds is 4. The van der Waals surface area contributed by atoms with Gasteiger partial charge in [-0.2, -0.15) is 0 Å². The van der Waals surface area contributed by atoms with Gasteiger partial charge in [0.2, 0.25) is 0 Å². The maximum absolute atomic E-state index is 10.9. The van der Waals surface area contributed by atoms with E-state index in [1.54, 1.807) is 0 Å². The molecule has 14 heavy (non-hydrogen) atoms. The van der Waals surface area contributed by atoms with E-state index in [1.807, 2.05) is 36.4 Å². The molecule has 1 atom stereocenters. The van der Waals surface area contributed by atoms with Crippen molar-refractivity contribution in [2.75, 3.05) is 0 Å². The zero-order valence-corrected chi connectivity index (χ0v) is 8.73. The fourth-order valence-corrected chi connectivity index (χ4v) is 1.26. The van der Waals surface area contributed by atoms with Gasteiger partial charge in [0, 0.05) is 5.57 Å². The molecule has 1 aromatic rings. The van der Waals surface area contributed by atoms with E-state index < -0.39 is 0 Å². The van der Waals surface area contributed by atoms with Gasteiger partial charge >= 0.3 is 0 Å². The Kier molecular flexibility index (Phi) is 4.11. The van der Waals surface area contributed by atoms with Gasteiger partial charge in [-0.05, 0) is 11.5 Å². The maximum atomic E-state index is 10.9. The van der Waals surface area contributed by atoms with Crippen molar-refractivity contribution in [3.8, 4) is 0 Å². The van der Waals surface area contributed by atoms with Crippen molar-refractivity contribution in [1.82, 2.24) is 0 Å². The third-order valence-corrected chi connectivity index (χ3v) is 2.34. The fourth-order valence-electron chi connectivity index (χ4n) is 1.26. The van der Waals surface area contributed by atoms with Crippen LogP contribution in [0.2, 0.25) is 0 Å². The smallest absolute Gasteiger partial charge is 0.150 e. The zero-order chi connectivity index (χ0) is 10.4. The average molecular weight is 188 g/mol. The molecule has 1 unspecified atom stereocenters. The summed E-state index contributed by atoms with van der Waals surface area (Å²) in [6, 6.07) is 9.77. The van der Waals surface area contributed by atoms with E-state index in [1.165, 1.54) is 0 Å². The normalized spacial score (nSPS) is 13.7. The van der Waals surface area contributed by atoms with Crippen molar-refractivity contribution < 1.29 is 4.79 Å². The molecule has 1 aromatic carbocycles. The molecule has 0 fully saturated rings. The molecule has 1 rings (SSSR count). The topological polar surface area (TPSA) is 17.1 Å². The number of hydrogen-bond acceptors (Lipinski definition) is 1. The molecule has 0 aliphatic rings. The largest absolute Gasteiger partial charge is 0.298 e. The van der Waals surface area contributed by atoms with E-state index in [0.717, 1.165) is 23.8 Å². The Morgan fingerprint density at radius 2 is 2.00 bits per heavy atom. The SMILES string of the molecule is CCC(C)/C=C(/C=O)c1ccccc1. The maximum Gasteiger partial charge on any atom is 0.150 e. The monoisotopic (exact) mass is 188 g/mol. The van der Waals surface area contributed by atoms with Crippen LogP contribution in [0.4, 0.5) is 0 Å². The van der Waals surface area contributed by atoms with Crippen LogP contribution in [0, 0.1) is 5.92 Å². The molecule has 0 aliphatic carbocycles. The van der Waals surface area contributed by atoms with Gasteiger partial charge in [-0.3, -0.25) is 4.79 Å². The van der Waals surface area contributed by atoms with Crippen molar-refractivity contribution in [2.45, 2.75) is 20.3 Å². The molecule has 1 heteroatoms. The summed E-state index contributed by atoms with van der Waals surface area (Å²) in [4.78, 5) is 10.9. The third-order valence-electron chi connectivity index (χ3n) is 2.34. The fraction of sp³-hybridized carbons (Fsp3) is 0.308. The first kappa shape index (κ1) is 10.7. The summed E-state index contributed by atoms with van der Waals surface area (Å²) >= 11 is 0. The first-order valence-electron chi connectivity index (χ1n) is 5.00. The number of benzene rings is 1. The van der Waals surface area contributed by atoms with Gasteiger partial charge in [-0.25, -0.2) is 0 Å². The molecule has 0 radical (unpaired) electrons. The highest BCUT2D eigenvalue weighted by atomic mass is 16.1. The van der Waals surface area contributed by atoms with E-state index in [-0.39, 0.29) is 0 Å². The van der Waals surface area contributed by atoms with E-state index in [4.69, 9.17) is 0 Å². The predicted octanol–water partition coefficient (Wildman–Crippen LogP) is 3.32. The summed E-state index contributed by atoms with van der Waals surface area (Å²) < 4.78 is 0. The van der Waals surface area contributed by atoms with E-state index >= 15 is 0 Å². The van der Waals surface area contributed by atoms with Gasteiger partial charge in [-0.1, -0.05) is 56.7 Å². The summed E-state index contributed by atoms with van der Waals surface area (Å²) in [6.07, 6.45) is 4.02. The minimum Gasteiger partial charge on any atom is -0.298 e. The van der Waals surface area contributed by atoms with E-state index in [2.05, 4.69) is 13.8 Å². The summed E-state index contributed by atoms with van der Waals surface area (Å²) in [5, 5.41) is 0. The lowest BCUT2D eigenvalue weighted by Gasteiger charge is -2.04. The van der Waals surface area contributed by atoms with Gasteiger partial charge in [0.15, 0.2) is 0 Å². The lowest BCUT2D eigenvalue weighted by molar-refractivity contribution is -0.103. The number of carbonyl (C=O) groups is 1. The van der Waals surface area contributed by atoms with Crippen LogP contribution in [0.15, 0.2) is 36.4 Å². The number of hydrogen-bond donors (Lipinski definition) is 0. The van der Waals surface area contributed by atoms with Crippen molar-refractivity contribution >= 4 is 11.9 Å². The standard InChI is InChI=1S/C13H16O/c1-3-11(2)9-13(10-14)12-7-5-4-6-8-12/h4-11H,3H2,1-2H3/b13-9-. The Hall–Kier alpha value is -1.37. The van der Waals surface area contributed by atoms with Crippen LogP contribution in [0.25, 0.3) is 5.57 Å². The molecule has 0 heterocycles. The van der Waals surface area contributed by atoms with Crippen LogP contribution >= 0.6 is 0 Å². The molecule has 0 spiro atoms. The second-order valence-electron chi connectivity index (χ2n) is 3.49. The predicted molar refractivity (Wildman–Crippen MR) is 59.9 cm³/mol. The summed E-state index contributed by atoms with van der Waals surface area (Å²) in [5.41, 5.74) is 1.79. The first-order valence-corrected chi connectivity index (χ1v) is 5.00. The van der Waals surface area contributed by atoms with E-state index in [0.29, 0.717) is 5.92 Å². The molecule has 1 nitrogen and oxygen atoms in total. The molecule has 0 amide bonds. The summed E-state index contributed by atoms with van der Waals surface area (Å²) in [7, 11) is 0. The van der Waals surface area contributed by atoms with Gasteiger partial charge in [0.25, 0.3) is 0 Å². The second-order valence-corrected chi connectivity index (χ2v) is 3.49. The van der Waals surface area contributed by atoms with Crippen LogP contribution in [0.3, 0.4) is 0 Å². The lowest BCUT2D eigenvalue weighted by Crippen LogP contribution is -1.91. The molecular formula is C13H16O. The number of allylic oxidation sites excluding steroid dienone is 2. The van der Waals surface area contributed by atoms with Gasteiger partial charge in [0.1, 0.15) is 6.29 Å². The minimum absolute atomic E-state index is 0.454. The Morgan fingerprint density at radius 1 is 1.36 bits per heavy atom. The number of aldehydes is 1. The first-order chi connectivity index (χ1) is 6.77. The van der Waals surface area contributed by atoms with Crippen molar-refractivity contribution in [3.63, 3.8) is 0 Å². The quantitative estimate of drug-likeness (QED) is 0.523. The molecule has 0 saturated carbocycles. The number of carbonyl (C=O) groups excluding carboxylic acids is 1. The second kappa shape index (κ2) is 5.38. The molecule has 0 N–H and O–H groups in total. The van der Waals surface area contributed by atoms with E-state index in [9.17, 15) is 4.79 Å². The zero-order valence-electron chi connectivity index (χ0n) is 8.73. The van der Waals surface area contributed by atoms with Gasteiger partial charge in [-0.15, -0.1) is 0 Å². The van der Waals surface area contributed by atoms with Crippen molar-refractivity contribution in [3.05, 3.63) is 42.0 Å². The Labute approximate surface area is 85.5 Å². The molecular weight excluding hydrogens is 172 g/mol. The van der Waals surface area contributed by atoms with Crippen molar-refractivity contribution in [2.24, 2.45) is 5.92 Å². The van der Waals surface area contributed by atoms with Crippen LogP contribution in [0.5, 0.6) is 0 Å². The summed E-state index contributed by atoms with van der Waals surface area (Å²) in [5.74, 6) is 0.454. The molecule has 74 valence electrons. The lowest BCUT2D eigenvalue weighted by atomic mass is 10.0. The van der Waals surface area contributed by atoms with Crippen LogP contribution in [0.1, 0.15) is 25.8 Å². The molecule has 0 saturated heterocycles. The Bertz CT molecular complexity index is 311. The summed E-state index contributed by atoms with van der Waals surface area (Å²) in [6.45, 7) is 4.24. The van der Waals surface area contributed by atoms with Gasteiger partial charge < -0.3 is 0 Å². The Morgan fingerprint density at radius 3 is 2.50 bits per heavy atom. The van der Waals surface area contributed by atoms with Crippen LogP contribution in [-0.2, 0) is 4.79 Å². The van der Waals surface area contributed by atoms with Crippen molar-refractivity contribution in [1.29, 1.82) is 0 Å².